The van der Waals surface area contributed by atoms with Gasteiger partial charge in [-0.15, -0.1) is 0 Å². The number of unbranched alkanes of at least 4 members (excludes halogenated alkanes) is 2. The Morgan fingerprint density at radius 2 is 1.85 bits per heavy atom. The summed E-state index contributed by atoms with van der Waals surface area (Å²) < 4.78 is 5.48. The number of carbonyl (C=O) groups excluding carboxylic acids is 3. The van der Waals surface area contributed by atoms with Crippen molar-refractivity contribution in [1.29, 1.82) is 0 Å². The number of piperazine rings is 1. The number of anilines is 1. The first kappa shape index (κ1) is 23.4. The van der Waals surface area contributed by atoms with Gasteiger partial charge in [0.05, 0.1) is 18.7 Å². The van der Waals surface area contributed by atoms with Gasteiger partial charge in [-0.3, -0.25) is 14.5 Å². The van der Waals surface area contributed by atoms with E-state index in [1.54, 1.807) is 7.11 Å². The number of nitrogens with zero attached hydrogens (tertiary/aromatic N) is 3. The third kappa shape index (κ3) is 4.94. The zero-order valence-electron chi connectivity index (χ0n) is 19.8. The molecular weight excluding hydrogens is 420 g/mol. The quantitative estimate of drug-likeness (QED) is 0.638. The summed E-state index contributed by atoms with van der Waals surface area (Å²) in [6.45, 7) is 5.43. The van der Waals surface area contributed by atoms with Crippen LogP contribution < -0.4 is 15.0 Å². The third-order valence-corrected chi connectivity index (χ3v) is 7.34. The van der Waals surface area contributed by atoms with Crippen LogP contribution in [0, 0.1) is 11.8 Å². The molecule has 0 spiro atoms. The van der Waals surface area contributed by atoms with E-state index in [4.69, 9.17) is 4.74 Å². The van der Waals surface area contributed by atoms with Crippen molar-refractivity contribution in [3.63, 3.8) is 0 Å². The summed E-state index contributed by atoms with van der Waals surface area (Å²) in [5, 5.41) is 3.03. The lowest BCUT2D eigenvalue weighted by atomic mass is 9.76. The molecule has 0 bridgehead atoms. The number of fused-ring (bicyclic) bond motifs is 1. The fourth-order valence-electron chi connectivity index (χ4n) is 5.44. The van der Waals surface area contributed by atoms with Gasteiger partial charge in [0.2, 0.25) is 11.8 Å². The predicted molar refractivity (Wildman–Crippen MR) is 126 cm³/mol. The Morgan fingerprint density at radius 1 is 1.09 bits per heavy atom. The normalized spacial score (nSPS) is 25.5. The molecule has 2 heterocycles. The topological polar surface area (TPSA) is 82.2 Å². The van der Waals surface area contributed by atoms with E-state index in [-0.39, 0.29) is 35.7 Å². The van der Waals surface area contributed by atoms with Crippen molar-refractivity contribution in [3.8, 4) is 5.75 Å². The fraction of sp³-hybridized carbons (Fsp3) is 0.640. The smallest absolute Gasteiger partial charge is 0.324 e. The lowest BCUT2D eigenvalue weighted by Gasteiger charge is -2.43. The maximum Gasteiger partial charge on any atom is 0.324 e. The minimum Gasteiger partial charge on any atom is -0.495 e. The summed E-state index contributed by atoms with van der Waals surface area (Å²) >= 11 is 0. The van der Waals surface area contributed by atoms with Crippen molar-refractivity contribution in [2.75, 3.05) is 44.7 Å². The third-order valence-electron chi connectivity index (χ3n) is 7.34. The number of hydrogen-bond acceptors (Lipinski definition) is 5. The van der Waals surface area contributed by atoms with Gasteiger partial charge in [0.1, 0.15) is 5.75 Å². The highest BCUT2D eigenvalue weighted by atomic mass is 16.5. The number of rotatable bonds is 7. The molecule has 1 aromatic carbocycles. The number of ether oxygens (including phenoxy) is 1. The SMILES string of the molecule is CCCCCN1C(=O)NC2CC(C(=O)N3CCN(c4ccccc4OC)CC3)CCC2C1=O. The van der Waals surface area contributed by atoms with E-state index in [2.05, 4.69) is 17.1 Å². The summed E-state index contributed by atoms with van der Waals surface area (Å²) in [5.74, 6) is 0.605. The van der Waals surface area contributed by atoms with Gasteiger partial charge < -0.3 is 19.9 Å². The molecule has 4 rings (SSSR count). The van der Waals surface area contributed by atoms with Gasteiger partial charge in [0.25, 0.3) is 0 Å². The maximum absolute atomic E-state index is 13.3. The van der Waals surface area contributed by atoms with Gasteiger partial charge in [-0.05, 0) is 37.8 Å². The van der Waals surface area contributed by atoms with Crippen LogP contribution in [0.4, 0.5) is 10.5 Å². The number of methoxy groups -OCH3 is 1. The monoisotopic (exact) mass is 456 g/mol. The van der Waals surface area contributed by atoms with Gasteiger partial charge >= 0.3 is 6.03 Å². The van der Waals surface area contributed by atoms with E-state index < -0.39 is 0 Å². The zero-order chi connectivity index (χ0) is 23.4. The van der Waals surface area contributed by atoms with E-state index in [9.17, 15) is 14.4 Å². The molecule has 8 nitrogen and oxygen atoms in total. The minimum atomic E-state index is -0.295. The van der Waals surface area contributed by atoms with Gasteiger partial charge in [0.15, 0.2) is 0 Å². The Labute approximate surface area is 196 Å². The molecular formula is C25H36N4O4. The first-order valence-corrected chi connectivity index (χ1v) is 12.3. The van der Waals surface area contributed by atoms with Gasteiger partial charge in [-0.1, -0.05) is 31.9 Å². The van der Waals surface area contributed by atoms with Crippen molar-refractivity contribution in [1.82, 2.24) is 15.1 Å². The van der Waals surface area contributed by atoms with Crippen LogP contribution >= 0.6 is 0 Å². The van der Waals surface area contributed by atoms with Crippen LogP contribution in [0.5, 0.6) is 5.75 Å². The standard InChI is InChI=1S/C25H36N4O4/c1-3-4-7-12-29-24(31)19-11-10-18(17-20(19)26-25(29)32)23(30)28-15-13-27(14-16-28)21-8-5-6-9-22(21)33-2/h5-6,8-9,18-20H,3-4,7,10-17H2,1-2H3,(H,26,32). The van der Waals surface area contributed by atoms with E-state index in [1.165, 1.54) is 4.90 Å². The molecule has 180 valence electrons. The molecule has 8 heteroatoms. The van der Waals surface area contributed by atoms with Crippen LogP contribution in [0.2, 0.25) is 0 Å². The lowest BCUT2D eigenvalue weighted by molar-refractivity contribution is -0.142. The molecule has 3 atom stereocenters. The second-order valence-corrected chi connectivity index (χ2v) is 9.35. The minimum absolute atomic E-state index is 0.0591. The van der Waals surface area contributed by atoms with E-state index >= 15 is 0 Å². The number of benzene rings is 1. The number of para-hydroxylation sites is 2. The van der Waals surface area contributed by atoms with E-state index in [0.29, 0.717) is 38.9 Å². The number of urea groups is 1. The van der Waals surface area contributed by atoms with Crippen molar-refractivity contribution in [2.24, 2.45) is 11.8 Å². The van der Waals surface area contributed by atoms with Gasteiger partial charge in [0, 0.05) is 44.7 Å². The summed E-state index contributed by atoms with van der Waals surface area (Å²) in [5.41, 5.74) is 1.06. The van der Waals surface area contributed by atoms with Crippen LogP contribution in [0.1, 0.15) is 45.4 Å². The number of amides is 4. The maximum atomic E-state index is 13.3. The molecule has 1 saturated carbocycles. The summed E-state index contributed by atoms with van der Waals surface area (Å²) in [6.07, 6.45) is 4.81. The van der Waals surface area contributed by atoms with Crippen LogP contribution in [0.25, 0.3) is 0 Å². The number of hydrogen-bond donors (Lipinski definition) is 1. The average Bonchev–Trinajstić information content (AvgIpc) is 2.85. The molecule has 1 aromatic rings. The molecule has 2 saturated heterocycles. The fourth-order valence-corrected chi connectivity index (χ4v) is 5.44. The summed E-state index contributed by atoms with van der Waals surface area (Å²) in [6, 6.07) is 7.43. The Bertz CT molecular complexity index is 868. The molecule has 33 heavy (non-hydrogen) atoms. The van der Waals surface area contributed by atoms with Crippen LogP contribution in [-0.2, 0) is 9.59 Å². The molecule has 3 unspecified atom stereocenters. The lowest BCUT2D eigenvalue weighted by Crippen LogP contribution is -2.62. The van der Waals surface area contributed by atoms with Crippen LogP contribution in [0.3, 0.4) is 0 Å². The Hall–Kier alpha value is -2.77. The molecule has 0 aromatic heterocycles. The van der Waals surface area contributed by atoms with Crippen molar-refractivity contribution in [3.05, 3.63) is 24.3 Å². The highest BCUT2D eigenvalue weighted by Crippen LogP contribution is 2.35. The molecule has 4 amide bonds. The second kappa shape index (κ2) is 10.4. The summed E-state index contributed by atoms with van der Waals surface area (Å²) in [4.78, 5) is 44.3. The highest BCUT2D eigenvalue weighted by Gasteiger charge is 2.45. The summed E-state index contributed by atoms with van der Waals surface area (Å²) in [7, 11) is 1.67. The zero-order valence-corrected chi connectivity index (χ0v) is 19.8. The Kier molecular flexibility index (Phi) is 7.40. The molecule has 3 aliphatic rings. The van der Waals surface area contributed by atoms with Crippen LogP contribution in [0.15, 0.2) is 24.3 Å². The molecule has 0 radical (unpaired) electrons. The number of carbonyl (C=O) groups is 3. The van der Waals surface area contributed by atoms with Gasteiger partial charge in [-0.25, -0.2) is 4.79 Å². The Balaban J connectivity index is 1.31. The first-order valence-electron chi connectivity index (χ1n) is 12.3. The molecule has 3 fully saturated rings. The van der Waals surface area contributed by atoms with Crippen LogP contribution in [-0.4, -0.2) is 73.5 Å². The predicted octanol–water partition coefficient (Wildman–Crippen LogP) is 2.87. The highest BCUT2D eigenvalue weighted by molar-refractivity contribution is 5.99. The van der Waals surface area contributed by atoms with Crippen molar-refractivity contribution in [2.45, 2.75) is 51.5 Å². The first-order chi connectivity index (χ1) is 16.0. The molecule has 1 aliphatic carbocycles. The van der Waals surface area contributed by atoms with E-state index in [1.807, 2.05) is 29.2 Å². The molecule has 1 N–H and O–H groups in total. The largest absolute Gasteiger partial charge is 0.495 e. The van der Waals surface area contributed by atoms with Crippen molar-refractivity contribution < 1.29 is 19.1 Å². The number of nitrogens with one attached hydrogen (secondary N) is 1. The van der Waals surface area contributed by atoms with Gasteiger partial charge in [-0.2, -0.15) is 0 Å². The molecule has 2 aliphatic heterocycles. The van der Waals surface area contributed by atoms with Crippen molar-refractivity contribution >= 4 is 23.5 Å². The second-order valence-electron chi connectivity index (χ2n) is 9.35. The average molecular weight is 457 g/mol. The Morgan fingerprint density at radius 3 is 2.58 bits per heavy atom. The van der Waals surface area contributed by atoms with E-state index in [0.717, 1.165) is 43.8 Å². The number of imide groups is 1.